The number of aliphatic hydroxyl groups excluding tert-OH is 1. The summed E-state index contributed by atoms with van der Waals surface area (Å²) in [6, 6.07) is 7.09. The lowest BCUT2D eigenvalue weighted by molar-refractivity contribution is -0.124. The predicted molar refractivity (Wildman–Crippen MR) is 79.5 cm³/mol. The third-order valence-corrected chi connectivity index (χ3v) is 3.52. The van der Waals surface area contributed by atoms with Crippen molar-refractivity contribution in [2.75, 3.05) is 18.9 Å². The molecule has 1 amide bonds. The van der Waals surface area contributed by atoms with Crippen LogP contribution >= 0.6 is 0 Å². The van der Waals surface area contributed by atoms with Crippen molar-refractivity contribution in [3.8, 4) is 5.75 Å². The van der Waals surface area contributed by atoms with Gasteiger partial charge in [-0.1, -0.05) is 19.9 Å². The van der Waals surface area contributed by atoms with Gasteiger partial charge in [-0.25, -0.2) is 0 Å². The van der Waals surface area contributed by atoms with Gasteiger partial charge in [0, 0.05) is 11.8 Å². The van der Waals surface area contributed by atoms with Crippen LogP contribution in [-0.2, 0) is 4.79 Å². The monoisotopic (exact) mass is 280 g/mol. The van der Waals surface area contributed by atoms with Crippen LogP contribution in [0.15, 0.2) is 24.3 Å². The Morgan fingerprint density at radius 1 is 1.40 bits per heavy atom. The van der Waals surface area contributed by atoms with Crippen molar-refractivity contribution in [2.45, 2.75) is 38.6 Å². The largest absolute Gasteiger partial charge is 0.493 e. The molecule has 0 fully saturated rings. The Balaban J connectivity index is 2.40. The first kappa shape index (κ1) is 16.3. The van der Waals surface area contributed by atoms with Gasteiger partial charge in [-0.3, -0.25) is 4.79 Å². The second-order valence-electron chi connectivity index (χ2n) is 4.86. The second-order valence-corrected chi connectivity index (χ2v) is 4.86. The first-order valence-corrected chi connectivity index (χ1v) is 6.95. The van der Waals surface area contributed by atoms with E-state index in [4.69, 9.17) is 10.5 Å². The molecule has 20 heavy (non-hydrogen) atoms. The van der Waals surface area contributed by atoms with E-state index in [-0.39, 0.29) is 25.5 Å². The van der Waals surface area contributed by atoms with Gasteiger partial charge in [-0.15, -0.1) is 0 Å². The zero-order chi connectivity index (χ0) is 15.0. The second kappa shape index (κ2) is 7.75. The molecule has 0 spiro atoms. The van der Waals surface area contributed by atoms with Gasteiger partial charge in [0.05, 0.1) is 25.2 Å². The van der Waals surface area contributed by atoms with Gasteiger partial charge >= 0.3 is 0 Å². The van der Waals surface area contributed by atoms with E-state index in [9.17, 15) is 9.90 Å². The fourth-order valence-corrected chi connectivity index (χ4v) is 1.91. The average Bonchev–Trinajstić information content (AvgIpc) is 2.45. The fraction of sp³-hybridized carbons (Fsp3) is 0.533. The number of nitrogens with one attached hydrogen (secondary N) is 1. The summed E-state index contributed by atoms with van der Waals surface area (Å²) in [5.74, 6) is 0.531. The first-order chi connectivity index (χ1) is 9.55. The van der Waals surface area contributed by atoms with Crippen LogP contribution in [0.5, 0.6) is 5.75 Å². The molecule has 1 aromatic rings. The average molecular weight is 280 g/mol. The van der Waals surface area contributed by atoms with Crippen LogP contribution < -0.4 is 15.8 Å². The van der Waals surface area contributed by atoms with Gasteiger partial charge in [-0.2, -0.15) is 0 Å². The van der Waals surface area contributed by atoms with Crippen LogP contribution in [0.4, 0.5) is 5.69 Å². The fourth-order valence-electron chi connectivity index (χ4n) is 1.91. The summed E-state index contributed by atoms with van der Waals surface area (Å²) >= 11 is 0. The van der Waals surface area contributed by atoms with E-state index in [2.05, 4.69) is 5.32 Å². The highest BCUT2D eigenvalue weighted by molar-refractivity contribution is 5.77. The van der Waals surface area contributed by atoms with Gasteiger partial charge in [0.15, 0.2) is 0 Å². The van der Waals surface area contributed by atoms with Crippen molar-refractivity contribution < 1.29 is 14.6 Å². The number of ether oxygens (including phenoxy) is 1. The van der Waals surface area contributed by atoms with E-state index < -0.39 is 5.54 Å². The Labute approximate surface area is 120 Å². The quantitative estimate of drug-likeness (QED) is 0.633. The zero-order valence-electron chi connectivity index (χ0n) is 12.2. The molecule has 4 N–H and O–H groups in total. The van der Waals surface area contributed by atoms with Gasteiger partial charge in [0.1, 0.15) is 5.75 Å². The molecular weight excluding hydrogens is 256 g/mol. The lowest BCUT2D eigenvalue weighted by Gasteiger charge is -2.30. The van der Waals surface area contributed by atoms with Gasteiger partial charge in [0.2, 0.25) is 5.91 Å². The molecule has 0 saturated heterocycles. The number of hydrogen-bond acceptors (Lipinski definition) is 4. The lowest BCUT2D eigenvalue weighted by atomic mass is 9.94. The summed E-state index contributed by atoms with van der Waals surface area (Å²) in [4.78, 5) is 11.9. The molecule has 5 heteroatoms. The summed E-state index contributed by atoms with van der Waals surface area (Å²) in [6.45, 7) is 4.12. The molecule has 112 valence electrons. The summed E-state index contributed by atoms with van der Waals surface area (Å²) in [7, 11) is 0. The maximum atomic E-state index is 11.9. The Kier molecular flexibility index (Phi) is 6.31. The van der Waals surface area contributed by atoms with Crippen molar-refractivity contribution >= 4 is 11.6 Å². The number of carbonyl (C=O) groups is 1. The Morgan fingerprint density at radius 2 is 2.10 bits per heavy atom. The minimum Gasteiger partial charge on any atom is -0.493 e. The smallest absolute Gasteiger partial charge is 0.223 e. The molecule has 0 radical (unpaired) electrons. The number of nitrogens with two attached hydrogens (primary N) is 1. The van der Waals surface area contributed by atoms with E-state index in [1.165, 1.54) is 0 Å². The highest BCUT2D eigenvalue weighted by atomic mass is 16.5. The molecule has 0 aliphatic carbocycles. The molecule has 1 rings (SSSR count). The first-order valence-electron chi connectivity index (χ1n) is 6.95. The molecule has 5 nitrogen and oxygen atoms in total. The molecular formula is C15H24N2O3. The van der Waals surface area contributed by atoms with Crippen molar-refractivity contribution in [1.82, 2.24) is 5.32 Å². The Morgan fingerprint density at radius 3 is 2.65 bits per heavy atom. The SMILES string of the molecule is CCC(CC)(CO)NC(=O)CCOc1cccc(N)c1. The van der Waals surface area contributed by atoms with Crippen LogP contribution in [-0.4, -0.2) is 29.8 Å². The number of hydrogen-bond donors (Lipinski definition) is 3. The molecule has 0 aromatic heterocycles. The van der Waals surface area contributed by atoms with E-state index in [1.54, 1.807) is 24.3 Å². The van der Waals surface area contributed by atoms with E-state index in [0.717, 1.165) is 0 Å². The molecule has 0 atom stereocenters. The number of rotatable bonds is 8. The molecule has 0 bridgehead atoms. The standard InChI is InChI=1S/C15H24N2O3/c1-3-15(4-2,11-18)17-14(19)8-9-20-13-7-5-6-12(16)10-13/h5-7,10,18H,3-4,8-9,11,16H2,1-2H3,(H,17,19). The summed E-state index contributed by atoms with van der Waals surface area (Å²) < 4.78 is 5.47. The maximum Gasteiger partial charge on any atom is 0.223 e. The highest BCUT2D eigenvalue weighted by Gasteiger charge is 2.26. The molecule has 1 aromatic carbocycles. The molecule has 0 unspecified atom stereocenters. The minimum absolute atomic E-state index is 0.0538. The molecule has 0 saturated carbocycles. The number of aliphatic hydroxyl groups is 1. The number of carbonyl (C=O) groups excluding carboxylic acids is 1. The maximum absolute atomic E-state index is 11.9. The normalized spacial score (nSPS) is 11.2. The van der Waals surface area contributed by atoms with Crippen LogP contribution in [0.25, 0.3) is 0 Å². The summed E-state index contributed by atoms with van der Waals surface area (Å²) in [6.07, 6.45) is 1.64. The van der Waals surface area contributed by atoms with Gasteiger partial charge in [0.25, 0.3) is 0 Å². The van der Waals surface area contributed by atoms with Crippen LogP contribution in [0.3, 0.4) is 0 Å². The predicted octanol–water partition coefficient (Wildman–Crippen LogP) is 1.70. The van der Waals surface area contributed by atoms with E-state index in [0.29, 0.717) is 24.3 Å². The van der Waals surface area contributed by atoms with Crippen molar-refractivity contribution in [3.63, 3.8) is 0 Å². The highest BCUT2D eigenvalue weighted by Crippen LogP contribution is 2.16. The summed E-state index contributed by atoms with van der Waals surface area (Å²) in [5, 5.41) is 12.3. The van der Waals surface area contributed by atoms with Crippen LogP contribution in [0, 0.1) is 0 Å². The number of anilines is 1. The van der Waals surface area contributed by atoms with Crippen LogP contribution in [0.2, 0.25) is 0 Å². The number of amides is 1. The number of nitrogen functional groups attached to an aromatic ring is 1. The third kappa shape index (κ3) is 4.74. The Hall–Kier alpha value is -1.75. The lowest BCUT2D eigenvalue weighted by Crippen LogP contribution is -2.50. The topological polar surface area (TPSA) is 84.6 Å². The number of benzene rings is 1. The zero-order valence-corrected chi connectivity index (χ0v) is 12.2. The van der Waals surface area contributed by atoms with Crippen molar-refractivity contribution in [3.05, 3.63) is 24.3 Å². The molecule has 0 heterocycles. The van der Waals surface area contributed by atoms with Crippen molar-refractivity contribution in [1.29, 1.82) is 0 Å². The van der Waals surface area contributed by atoms with E-state index in [1.807, 2.05) is 13.8 Å². The third-order valence-electron chi connectivity index (χ3n) is 3.52. The Bertz CT molecular complexity index is 423. The van der Waals surface area contributed by atoms with E-state index >= 15 is 0 Å². The molecule has 0 aliphatic rings. The van der Waals surface area contributed by atoms with Gasteiger partial charge < -0.3 is 20.9 Å². The van der Waals surface area contributed by atoms with Crippen LogP contribution in [0.1, 0.15) is 33.1 Å². The minimum atomic E-state index is -0.520. The van der Waals surface area contributed by atoms with Gasteiger partial charge in [-0.05, 0) is 25.0 Å². The van der Waals surface area contributed by atoms with Crippen molar-refractivity contribution in [2.24, 2.45) is 0 Å². The summed E-state index contributed by atoms with van der Waals surface area (Å²) in [5.41, 5.74) is 5.75. The molecule has 0 aliphatic heterocycles.